The van der Waals surface area contributed by atoms with Crippen LogP contribution in [0.5, 0.6) is 0 Å². The number of hydrogen-bond acceptors (Lipinski definition) is 12. The van der Waals surface area contributed by atoms with Gasteiger partial charge >= 0.3 is 0 Å². The molecule has 0 aliphatic rings. The molecule has 0 aliphatic heterocycles. The second kappa shape index (κ2) is 47.7. The zero-order chi connectivity index (χ0) is 93.4. The molecular formula is C115H102Ir4N8O8Si-4. The molecule has 0 saturated carbocycles. The maximum atomic E-state index is 10.0. The first-order valence-electron chi connectivity index (χ1n) is 43.6. The van der Waals surface area contributed by atoms with Gasteiger partial charge in [-0.2, -0.15) is 89.6 Å². The minimum absolute atomic E-state index is 0. The van der Waals surface area contributed by atoms with Crippen molar-refractivity contribution in [3.63, 3.8) is 0 Å². The Hall–Kier alpha value is -13.4. The van der Waals surface area contributed by atoms with Gasteiger partial charge in [0.25, 0.3) is 0 Å². The fourth-order valence-corrected chi connectivity index (χ4v) is 17.7. The Labute approximate surface area is 846 Å². The second-order valence-electron chi connectivity index (χ2n) is 33.7. The molecule has 13 aromatic carbocycles. The van der Waals surface area contributed by atoms with E-state index in [1.165, 1.54) is 193 Å². The Morgan fingerprint density at radius 1 is 0.316 bits per heavy atom. The van der Waals surface area contributed by atoms with Crippen LogP contribution in [-0.2, 0) is 106 Å². The average Bonchev–Trinajstić information content (AvgIpc) is 1.64. The van der Waals surface area contributed by atoms with Gasteiger partial charge in [0.2, 0.25) is 0 Å². The van der Waals surface area contributed by atoms with E-state index in [-0.39, 0.29) is 127 Å². The van der Waals surface area contributed by atoms with Crippen molar-refractivity contribution >= 4 is 178 Å². The Balaban J connectivity index is 0.000000170. The number of aliphatic hydroxyl groups is 4. The molecule has 4 N–H and O–H groups in total. The summed E-state index contributed by atoms with van der Waals surface area (Å²) >= 11 is 0. The average molecular weight is 2520 g/mol. The number of aliphatic hydroxyl groups excluding tert-OH is 4. The van der Waals surface area contributed by atoms with Crippen LogP contribution in [0.4, 0.5) is 0 Å². The van der Waals surface area contributed by atoms with Gasteiger partial charge in [-0.3, -0.25) is 19.2 Å². The van der Waals surface area contributed by atoms with E-state index in [4.69, 9.17) is 40.4 Å². The van der Waals surface area contributed by atoms with Gasteiger partial charge in [0, 0.05) is 202 Å². The van der Waals surface area contributed by atoms with Crippen LogP contribution >= 0.6 is 0 Å². The predicted molar refractivity (Wildman–Crippen MR) is 547 cm³/mol. The molecule has 21 heteroatoms. The van der Waals surface area contributed by atoms with Gasteiger partial charge in [-0.05, 0) is 114 Å². The standard InChI is InChI=1S/C25H15N2.C25H21N2.C24H21N2Si.C21H13N2.4C5H8O2.4Ir/c1-3-11-19-17(8-1)10-7-15-22(19)27-23-14-6-5-13-21(23)24-20-12-4-2-9-18(20)16-26-25(24)27;1-17(2)14-18-8-7-10-20(15-18)27-23-13-6-5-12-22(23)24-21-11-4-3-9-19(21)16-26-25(24)27;1-27(2,3)19-14-12-18(13-15-19)26-22-11-7-6-10-21(22)23-20-9-5-4-8-17(20)16-25-24(23)26;1-2-9-16(10-3-1)23-19-13-7-6-12-18(19)20-17-11-5-4-8-15(17)14-22-21(20)23;4*1-4(6)3-5(2)7;;;;/h1-14,16H;3-9,11-13,15-17H,14H2,1-2H3;4-12,14-16H,1-3H3;1-9,11-14H;4*3,6H,1-2H3;;;;/q4*-1;;;;;;;;. The quantitative estimate of drug-likeness (QED) is 0.0411. The van der Waals surface area contributed by atoms with E-state index < -0.39 is 8.07 Å². The van der Waals surface area contributed by atoms with Crippen LogP contribution in [0.1, 0.15) is 74.8 Å². The number of hydrogen-bond donors (Lipinski definition) is 4. The van der Waals surface area contributed by atoms with Gasteiger partial charge < -0.3 is 38.7 Å². The molecule has 0 saturated heterocycles. The number of carbonyl (C=O) groups excluding carboxylic acids is 4. The van der Waals surface area contributed by atoms with Gasteiger partial charge in [-0.15, -0.1) is 35.0 Å². The van der Waals surface area contributed by atoms with Gasteiger partial charge in [0.1, 0.15) is 22.6 Å². The number of allylic oxidation sites excluding steroid dienone is 8. The van der Waals surface area contributed by atoms with Crippen molar-refractivity contribution in [3.05, 3.63) is 393 Å². The maximum Gasteiger partial charge on any atom is 0.155 e. The molecule has 0 atom stereocenters. The maximum absolute atomic E-state index is 10.0. The molecule has 8 heterocycles. The Kier molecular flexibility index (Phi) is 36.7. The van der Waals surface area contributed by atoms with Crippen LogP contribution in [-0.4, -0.2) is 89.8 Å². The molecular weight excluding hydrogens is 2420 g/mol. The topological polar surface area (TPSA) is 220 Å². The molecule has 0 bridgehead atoms. The van der Waals surface area contributed by atoms with Crippen LogP contribution in [0.3, 0.4) is 0 Å². The van der Waals surface area contributed by atoms with Crippen molar-refractivity contribution in [2.24, 2.45) is 5.92 Å². The molecule has 0 unspecified atom stereocenters. The normalized spacial score (nSPS) is 11.4. The molecule has 0 aliphatic carbocycles. The van der Waals surface area contributed by atoms with E-state index in [0.29, 0.717) is 5.92 Å². The summed E-state index contributed by atoms with van der Waals surface area (Å²) in [6, 6.07) is 115. The second-order valence-corrected chi connectivity index (χ2v) is 38.8. The van der Waals surface area contributed by atoms with Crippen molar-refractivity contribution in [1.29, 1.82) is 0 Å². The third-order valence-electron chi connectivity index (χ3n) is 21.8. The van der Waals surface area contributed by atoms with Crippen LogP contribution in [0, 0.1) is 30.2 Å². The summed E-state index contributed by atoms with van der Waals surface area (Å²) in [5, 5.41) is 56.6. The number of rotatable bonds is 11. The van der Waals surface area contributed by atoms with Crippen LogP contribution in [0.25, 0.3) is 164 Å². The molecule has 4 radical (unpaired) electrons. The summed E-state index contributed by atoms with van der Waals surface area (Å²) in [6.07, 6.45) is 13.6. The number of ketones is 4. The first-order valence-corrected chi connectivity index (χ1v) is 47.1. The summed E-state index contributed by atoms with van der Waals surface area (Å²) < 4.78 is 8.93. The van der Waals surface area contributed by atoms with Crippen molar-refractivity contribution in [2.45, 2.75) is 95.3 Å². The van der Waals surface area contributed by atoms with Gasteiger partial charge in [-0.1, -0.05) is 244 Å². The van der Waals surface area contributed by atoms with E-state index in [9.17, 15) is 19.2 Å². The number of carbonyl (C=O) groups is 4. The van der Waals surface area contributed by atoms with Crippen molar-refractivity contribution in [3.8, 4) is 22.7 Å². The van der Waals surface area contributed by atoms with E-state index in [1.807, 2.05) is 55.1 Å². The first kappa shape index (κ1) is 105. The molecule has 16 nitrogen and oxygen atoms in total. The summed E-state index contributed by atoms with van der Waals surface area (Å²) in [6.45, 7) is 23.0. The minimum atomic E-state index is -1.34. The van der Waals surface area contributed by atoms with E-state index in [1.54, 1.807) is 0 Å². The van der Waals surface area contributed by atoms with Crippen LogP contribution < -0.4 is 5.19 Å². The molecule has 0 fully saturated rings. The van der Waals surface area contributed by atoms with Crippen LogP contribution in [0.15, 0.2) is 363 Å². The number of pyridine rings is 4. The first-order chi connectivity index (χ1) is 63.6. The van der Waals surface area contributed by atoms with E-state index in [2.05, 4.69) is 337 Å². The fourth-order valence-electron chi connectivity index (χ4n) is 16.6. The largest absolute Gasteiger partial charge is 0.512 e. The molecule has 694 valence electrons. The van der Waals surface area contributed by atoms with Gasteiger partial charge in [0.15, 0.2) is 23.1 Å². The molecule has 136 heavy (non-hydrogen) atoms. The number of para-hydroxylation sites is 5. The van der Waals surface area contributed by atoms with Crippen molar-refractivity contribution < 1.29 is 120 Å². The molecule has 0 amide bonds. The SMILES string of the molecule is CC(=O)C=C(C)O.CC(=O)C=C(C)O.CC(=O)C=C(C)O.CC(=O)C=C(C)O.CC(C)Cc1cc[c-]c(-n2c3ccccc3c3c4ccccc4cnc32)c1.C[Si](C)(C)c1c[c-]c(-n2c3ccccc3c3c4ccccc4cnc32)cc1.[Ir].[Ir].[Ir].[Ir].[c-]1ccc2ccccc2c1-n1c2ccccc2c2c3ccccc3cnc21.[c-]1ccccc1-n1c2ccccc2c2c3ccccc3cnc21. The van der Waals surface area contributed by atoms with Crippen molar-refractivity contribution in [2.75, 3.05) is 0 Å². The number of nitrogens with zero attached hydrogens (tertiary/aromatic N) is 8. The number of fused-ring (bicyclic) bond motifs is 21. The summed E-state index contributed by atoms with van der Waals surface area (Å²) in [5.74, 6) is 0.375. The smallest absolute Gasteiger partial charge is 0.155 e. The minimum Gasteiger partial charge on any atom is -0.512 e. The van der Waals surface area contributed by atoms with E-state index in [0.717, 1.165) is 68.2 Å². The Morgan fingerprint density at radius 3 is 0.926 bits per heavy atom. The Morgan fingerprint density at radius 2 is 0.610 bits per heavy atom. The Bertz CT molecular complexity index is 7900. The molecule has 21 rings (SSSR count). The predicted octanol–water partition coefficient (Wildman–Crippen LogP) is 27.6. The number of aromatic nitrogens is 8. The summed E-state index contributed by atoms with van der Waals surface area (Å²) in [4.78, 5) is 59.4. The van der Waals surface area contributed by atoms with Gasteiger partial charge in [0.05, 0.1) is 45.1 Å². The summed E-state index contributed by atoms with van der Waals surface area (Å²) in [7, 11) is -1.34. The third kappa shape index (κ3) is 24.5. The fraction of sp³-hybridized carbons (Fsp3) is 0.130. The van der Waals surface area contributed by atoms with E-state index >= 15 is 0 Å². The van der Waals surface area contributed by atoms with Gasteiger partial charge in [-0.25, -0.2) is 19.9 Å². The zero-order valence-electron chi connectivity index (χ0n) is 77.4. The monoisotopic (exact) mass is 2520 g/mol. The summed E-state index contributed by atoms with van der Waals surface area (Å²) in [5.41, 5.74) is 14.1. The molecule has 0 spiro atoms. The molecule has 8 aromatic heterocycles. The number of benzene rings is 13. The third-order valence-corrected chi connectivity index (χ3v) is 23.8. The molecule has 21 aromatic rings. The van der Waals surface area contributed by atoms with Crippen molar-refractivity contribution in [1.82, 2.24) is 38.2 Å². The van der Waals surface area contributed by atoms with Crippen LogP contribution in [0.2, 0.25) is 19.6 Å². The zero-order valence-corrected chi connectivity index (χ0v) is 88.0.